The minimum atomic E-state index is -1.15. The van der Waals surface area contributed by atoms with Gasteiger partial charge in [0.25, 0.3) is 0 Å². The zero-order chi connectivity index (χ0) is 12.3. The topological polar surface area (TPSA) is 59.4 Å². The molecule has 0 saturated heterocycles. The lowest BCUT2D eigenvalue weighted by Gasteiger charge is -2.07. The van der Waals surface area contributed by atoms with Crippen molar-refractivity contribution in [1.82, 2.24) is 4.98 Å². The van der Waals surface area contributed by atoms with E-state index in [0.29, 0.717) is 0 Å². The third-order valence-electron chi connectivity index (χ3n) is 2.03. The molecule has 0 aliphatic carbocycles. The number of rotatable bonds is 4. The van der Waals surface area contributed by atoms with Crippen molar-refractivity contribution in [2.24, 2.45) is 0 Å². The maximum absolute atomic E-state index is 13.0. The molecule has 1 heterocycles. The van der Waals surface area contributed by atoms with Gasteiger partial charge < -0.3 is 9.84 Å². The number of hydrogen-bond donors (Lipinski definition) is 1. The highest BCUT2D eigenvalue weighted by molar-refractivity contribution is 7.09. The van der Waals surface area contributed by atoms with Crippen molar-refractivity contribution in [3.63, 3.8) is 0 Å². The Labute approximate surface area is 100 Å². The molecule has 0 amide bonds. The maximum Gasteiger partial charge on any atom is 0.339 e. The first-order valence-corrected chi connectivity index (χ1v) is 5.58. The van der Waals surface area contributed by atoms with Crippen LogP contribution in [0.15, 0.2) is 29.9 Å². The summed E-state index contributed by atoms with van der Waals surface area (Å²) < 4.78 is 18.3. The molecule has 0 fully saturated rings. The van der Waals surface area contributed by atoms with E-state index in [2.05, 4.69) is 4.98 Å². The predicted molar refractivity (Wildman–Crippen MR) is 59.8 cm³/mol. The molecule has 0 bridgehead atoms. The van der Waals surface area contributed by atoms with Crippen LogP contribution in [0, 0.1) is 5.82 Å². The van der Waals surface area contributed by atoms with Crippen LogP contribution in [-0.4, -0.2) is 16.1 Å². The monoisotopic (exact) mass is 253 g/mol. The second-order valence-electron chi connectivity index (χ2n) is 3.20. The van der Waals surface area contributed by atoms with E-state index in [1.807, 2.05) is 0 Å². The smallest absolute Gasteiger partial charge is 0.339 e. The number of aromatic carboxylic acids is 1. The van der Waals surface area contributed by atoms with Crippen molar-refractivity contribution >= 4 is 17.3 Å². The molecule has 2 aromatic rings. The Balaban J connectivity index is 2.19. The summed E-state index contributed by atoms with van der Waals surface area (Å²) in [6.45, 7) is 0.175. The Hall–Kier alpha value is -1.95. The molecule has 0 unspecified atom stereocenters. The molecule has 88 valence electrons. The molecule has 6 heteroatoms. The quantitative estimate of drug-likeness (QED) is 0.909. The molecule has 2 rings (SSSR count). The van der Waals surface area contributed by atoms with Gasteiger partial charge in [0, 0.05) is 12.3 Å². The fourth-order valence-corrected chi connectivity index (χ4v) is 1.76. The van der Waals surface area contributed by atoms with Crippen LogP contribution in [0.4, 0.5) is 4.39 Å². The van der Waals surface area contributed by atoms with Gasteiger partial charge in [-0.2, -0.15) is 0 Å². The number of ether oxygens (including phenoxy) is 1. The van der Waals surface area contributed by atoms with Crippen LogP contribution in [0.5, 0.6) is 5.75 Å². The average Bonchev–Trinajstić information content (AvgIpc) is 2.78. The SMILES string of the molecule is O=C(O)c1ccc(F)cc1OCc1cncs1. The number of thiazole rings is 1. The summed E-state index contributed by atoms with van der Waals surface area (Å²) in [7, 11) is 0. The van der Waals surface area contributed by atoms with Crippen LogP contribution in [0.2, 0.25) is 0 Å². The number of nitrogens with zero attached hydrogens (tertiary/aromatic N) is 1. The van der Waals surface area contributed by atoms with E-state index < -0.39 is 11.8 Å². The minimum absolute atomic E-state index is 0.0194. The standard InChI is InChI=1S/C11H8FNO3S/c12-7-1-2-9(11(14)15)10(3-7)16-5-8-4-13-6-17-8/h1-4,6H,5H2,(H,14,15). The summed E-state index contributed by atoms with van der Waals surface area (Å²) in [4.78, 5) is 15.6. The fourth-order valence-electron chi connectivity index (χ4n) is 1.25. The first-order valence-electron chi connectivity index (χ1n) is 4.70. The highest BCUT2D eigenvalue weighted by atomic mass is 32.1. The molecule has 1 N–H and O–H groups in total. The summed E-state index contributed by atoms with van der Waals surface area (Å²) >= 11 is 1.38. The Kier molecular flexibility index (Phi) is 3.34. The van der Waals surface area contributed by atoms with Gasteiger partial charge in [0.1, 0.15) is 23.7 Å². The summed E-state index contributed by atoms with van der Waals surface area (Å²) in [5.41, 5.74) is 1.58. The van der Waals surface area contributed by atoms with Crippen LogP contribution in [0.25, 0.3) is 0 Å². The van der Waals surface area contributed by atoms with E-state index >= 15 is 0 Å². The summed E-state index contributed by atoms with van der Waals surface area (Å²) in [6, 6.07) is 3.33. The van der Waals surface area contributed by atoms with E-state index in [9.17, 15) is 9.18 Å². The van der Waals surface area contributed by atoms with Crippen molar-refractivity contribution in [2.45, 2.75) is 6.61 Å². The van der Waals surface area contributed by atoms with E-state index in [4.69, 9.17) is 9.84 Å². The summed E-state index contributed by atoms with van der Waals surface area (Å²) in [6.07, 6.45) is 1.62. The predicted octanol–water partition coefficient (Wildman–Crippen LogP) is 2.56. The van der Waals surface area contributed by atoms with Gasteiger partial charge in [-0.15, -0.1) is 11.3 Å². The Morgan fingerprint density at radius 3 is 3.00 bits per heavy atom. The van der Waals surface area contributed by atoms with Gasteiger partial charge in [0.2, 0.25) is 0 Å². The molecule has 1 aromatic heterocycles. The van der Waals surface area contributed by atoms with E-state index in [-0.39, 0.29) is 17.9 Å². The second kappa shape index (κ2) is 4.92. The summed E-state index contributed by atoms with van der Waals surface area (Å²) in [5, 5.41) is 8.90. The van der Waals surface area contributed by atoms with Gasteiger partial charge >= 0.3 is 5.97 Å². The molecule has 0 spiro atoms. The maximum atomic E-state index is 13.0. The van der Waals surface area contributed by atoms with Crippen LogP contribution < -0.4 is 4.74 Å². The normalized spacial score (nSPS) is 10.2. The van der Waals surface area contributed by atoms with Crippen molar-refractivity contribution in [2.75, 3.05) is 0 Å². The zero-order valence-electron chi connectivity index (χ0n) is 8.59. The first kappa shape index (κ1) is 11.5. The lowest BCUT2D eigenvalue weighted by molar-refractivity contribution is 0.0691. The van der Waals surface area contributed by atoms with Gasteiger partial charge in [-0.3, -0.25) is 4.98 Å². The number of hydrogen-bond acceptors (Lipinski definition) is 4. The van der Waals surface area contributed by atoms with Crippen LogP contribution in [0.3, 0.4) is 0 Å². The Morgan fingerprint density at radius 1 is 1.53 bits per heavy atom. The molecule has 0 radical (unpaired) electrons. The van der Waals surface area contributed by atoms with Gasteiger partial charge in [0.05, 0.1) is 10.4 Å². The number of benzene rings is 1. The summed E-state index contributed by atoms with van der Waals surface area (Å²) in [5.74, 6) is -1.66. The average molecular weight is 253 g/mol. The molecule has 1 aromatic carbocycles. The third-order valence-corrected chi connectivity index (χ3v) is 2.78. The minimum Gasteiger partial charge on any atom is -0.487 e. The van der Waals surface area contributed by atoms with Crippen molar-refractivity contribution in [1.29, 1.82) is 0 Å². The highest BCUT2D eigenvalue weighted by Gasteiger charge is 2.12. The van der Waals surface area contributed by atoms with Gasteiger partial charge in [-0.1, -0.05) is 0 Å². The molecule has 0 saturated carbocycles. The number of carbonyl (C=O) groups is 1. The van der Waals surface area contributed by atoms with Gasteiger partial charge in [-0.25, -0.2) is 9.18 Å². The Morgan fingerprint density at radius 2 is 2.35 bits per heavy atom. The van der Waals surface area contributed by atoms with Gasteiger partial charge in [0.15, 0.2) is 0 Å². The van der Waals surface area contributed by atoms with Crippen molar-refractivity contribution in [3.05, 3.63) is 46.2 Å². The lowest BCUT2D eigenvalue weighted by atomic mass is 10.2. The van der Waals surface area contributed by atoms with Crippen molar-refractivity contribution in [3.8, 4) is 5.75 Å². The molecule has 17 heavy (non-hydrogen) atoms. The van der Waals surface area contributed by atoms with Crippen LogP contribution in [-0.2, 0) is 6.61 Å². The number of carboxylic acids is 1. The second-order valence-corrected chi connectivity index (χ2v) is 4.17. The Bertz CT molecular complexity index is 528. The number of carboxylic acid groups (broad SMARTS) is 1. The van der Waals surface area contributed by atoms with E-state index in [0.717, 1.165) is 17.0 Å². The first-order chi connectivity index (χ1) is 8.16. The molecular weight excluding hydrogens is 245 g/mol. The van der Waals surface area contributed by atoms with Gasteiger partial charge in [-0.05, 0) is 12.1 Å². The number of halogens is 1. The molecule has 0 aliphatic rings. The van der Waals surface area contributed by atoms with E-state index in [1.54, 1.807) is 11.7 Å². The lowest BCUT2D eigenvalue weighted by Crippen LogP contribution is -2.03. The third kappa shape index (κ3) is 2.79. The molecule has 0 atom stereocenters. The van der Waals surface area contributed by atoms with Crippen LogP contribution in [0.1, 0.15) is 15.2 Å². The molecule has 0 aliphatic heterocycles. The number of aromatic nitrogens is 1. The fraction of sp³-hybridized carbons (Fsp3) is 0.0909. The largest absolute Gasteiger partial charge is 0.487 e. The van der Waals surface area contributed by atoms with Crippen molar-refractivity contribution < 1.29 is 19.0 Å². The molecule has 4 nitrogen and oxygen atoms in total. The zero-order valence-corrected chi connectivity index (χ0v) is 9.41. The van der Waals surface area contributed by atoms with E-state index in [1.165, 1.54) is 17.4 Å². The highest BCUT2D eigenvalue weighted by Crippen LogP contribution is 2.21. The van der Waals surface area contributed by atoms with Crippen LogP contribution >= 0.6 is 11.3 Å². The molecular formula is C11H8FNO3S.